The van der Waals surface area contributed by atoms with E-state index < -0.39 is 0 Å². The Labute approximate surface area is 111 Å². The monoisotopic (exact) mass is 253 g/mol. The number of carbonyl (C=O) groups is 1. The van der Waals surface area contributed by atoms with E-state index in [1.165, 1.54) is 0 Å². The highest BCUT2D eigenvalue weighted by Crippen LogP contribution is 2.27. The van der Waals surface area contributed by atoms with E-state index in [1.807, 2.05) is 30.3 Å². The zero-order valence-corrected chi connectivity index (χ0v) is 10.4. The smallest absolute Gasteiger partial charge is 0.319 e. The van der Waals surface area contributed by atoms with E-state index in [9.17, 15) is 4.79 Å². The van der Waals surface area contributed by atoms with Gasteiger partial charge in [0.05, 0.1) is 0 Å². The van der Waals surface area contributed by atoms with Gasteiger partial charge in [-0.1, -0.05) is 30.3 Å². The molecule has 1 aliphatic rings. The Morgan fingerprint density at radius 2 is 1.95 bits per heavy atom. The SMILES string of the molecule is NCc1cccc(-c2ccc3c(c2)NC(=O)NC3)c1. The maximum absolute atomic E-state index is 11.3. The molecule has 4 N–H and O–H groups in total. The Balaban J connectivity index is 2.01. The number of amides is 2. The molecule has 2 amide bonds. The van der Waals surface area contributed by atoms with Crippen LogP contribution in [0.25, 0.3) is 11.1 Å². The summed E-state index contributed by atoms with van der Waals surface area (Å²) in [6.45, 7) is 1.10. The van der Waals surface area contributed by atoms with Crippen LogP contribution in [0.3, 0.4) is 0 Å². The number of urea groups is 1. The molecular weight excluding hydrogens is 238 g/mol. The highest BCUT2D eigenvalue weighted by molar-refractivity contribution is 5.93. The first-order chi connectivity index (χ1) is 9.26. The van der Waals surface area contributed by atoms with Gasteiger partial charge in [0.25, 0.3) is 0 Å². The van der Waals surface area contributed by atoms with Gasteiger partial charge in [0.2, 0.25) is 0 Å². The van der Waals surface area contributed by atoms with Crippen molar-refractivity contribution in [1.29, 1.82) is 0 Å². The van der Waals surface area contributed by atoms with Crippen LogP contribution in [0.1, 0.15) is 11.1 Å². The van der Waals surface area contributed by atoms with Crippen molar-refractivity contribution in [3.8, 4) is 11.1 Å². The van der Waals surface area contributed by atoms with Crippen LogP contribution in [-0.2, 0) is 13.1 Å². The van der Waals surface area contributed by atoms with E-state index in [0.29, 0.717) is 13.1 Å². The van der Waals surface area contributed by atoms with Gasteiger partial charge in [-0.05, 0) is 34.4 Å². The molecule has 0 saturated carbocycles. The van der Waals surface area contributed by atoms with Gasteiger partial charge in [0.1, 0.15) is 0 Å². The minimum absolute atomic E-state index is 0.152. The molecule has 0 spiro atoms. The molecule has 0 radical (unpaired) electrons. The van der Waals surface area contributed by atoms with E-state index in [1.54, 1.807) is 0 Å². The van der Waals surface area contributed by atoms with Crippen LogP contribution in [0.4, 0.5) is 10.5 Å². The molecule has 0 aliphatic carbocycles. The molecule has 96 valence electrons. The molecule has 0 aromatic heterocycles. The fourth-order valence-corrected chi connectivity index (χ4v) is 2.25. The molecule has 0 fully saturated rings. The number of hydrogen-bond acceptors (Lipinski definition) is 2. The molecule has 4 heteroatoms. The van der Waals surface area contributed by atoms with Gasteiger partial charge >= 0.3 is 6.03 Å². The highest BCUT2D eigenvalue weighted by atomic mass is 16.2. The van der Waals surface area contributed by atoms with Gasteiger partial charge in [-0.25, -0.2) is 4.79 Å². The molecule has 1 aliphatic heterocycles. The van der Waals surface area contributed by atoms with Gasteiger partial charge in [0, 0.05) is 18.8 Å². The molecule has 2 aromatic rings. The maximum atomic E-state index is 11.3. The topological polar surface area (TPSA) is 67.1 Å². The average Bonchev–Trinajstić information content (AvgIpc) is 2.46. The molecule has 19 heavy (non-hydrogen) atoms. The van der Waals surface area contributed by atoms with Crippen LogP contribution in [0.15, 0.2) is 42.5 Å². The number of carbonyl (C=O) groups excluding carboxylic acids is 1. The van der Waals surface area contributed by atoms with E-state index in [-0.39, 0.29) is 6.03 Å². The summed E-state index contributed by atoms with van der Waals surface area (Å²) in [5.41, 5.74) is 10.9. The number of fused-ring (bicyclic) bond motifs is 1. The van der Waals surface area contributed by atoms with Crippen molar-refractivity contribution in [3.05, 3.63) is 53.6 Å². The standard InChI is InChI=1S/C15H15N3O/c16-8-10-2-1-3-11(6-10)12-4-5-13-9-17-15(19)18-14(13)7-12/h1-7H,8-9,16H2,(H2,17,18,19). The summed E-state index contributed by atoms with van der Waals surface area (Å²) in [7, 11) is 0. The predicted octanol–water partition coefficient (Wildman–Crippen LogP) is 2.45. The number of hydrogen-bond donors (Lipinski definition) is 3. The van der Waals surface area contributed by atoms with E-state index in [2.05, 4.69) is 22.8 Å². The summed E-state index contributed by atoms with van der Waals surface area (Å²) in [6, 6.07) is 14.1. The van der Waals surface area contributed by atoms with Gasteiger partial charge < -0.3 is 16.4 Å². The summed E-state index contributed by atoms with van der Waals surface area (Å²) < 4.78 is 0. The fraction of sp³-hybridized carbons (Fsp3) is 0.133. The van der Waals surface area contributed by atoms with Crippen molar-refractivity contribution in [2.45, 2.75) is 13.1 Å². The number of benzene rings is 2. The van der Waals surface area contributed by atoms with Crippen LogP contribution in [0.5, 0.6) is 0 Å². The number of nitrogens with two attached hydrogens (primary N) is 1. The van der Waals surface area contributed by atoms with Crippen molar-refractivity contribution in [3.63, 3.8) is 0 Å². The van der Waals surface area contributed by atoms with Gasteiger partial charge in [-0.15, -0.1) is 0 Å². The second-order valence-electron chi connectivity index (χ2n) is 4.58. The van der Waals surface area contributed by atoms with Gasteiger partial charge in [-0.3, -0.25) is 0 Å². The molecule has 0 bridgehead atoms. The Hall–Kier alpha value is -2.33. The van der Waals surface area contributed by atoms with E-state index >= 15 is 0 Å². The lowest BCUT2D eigenvalue weighted by Crippen LogP contribution is -2.33. The number of nitrogens with one attached hydrogen (secondary N) is 2. The summed E-state index contributed by atoms with van der Waals surface area (Å²) in [5, 5.41) is 5.57. The lowest BCUT2D eigenvalue weighted by atomic mass is 10.00. The number of rotatable bonds is 2. The van der Waals surface area contributed by atoms with E-state index in [0.717, 1.165) is 27.9 Å². The molecule has 0 unspecified atom stereocenters. The van der Waals surface area contributed by atoms with Gasteiger partial charge in [-0.2, -0.15) is 0 Å². The normalized spacial score (nSPS) is 13.4. The fourth-order valence-electron chi connectivity index (χ4n) is 2.25. The summed E-state index contributed by atoms with van der Waals surface area (Å²) >= 11 is 0. The minimum atomic E-state index is -0.152. The predicted molar refractivity (Wildman–Crippen MR) is 75.6 cm³/mol. The van der Waals surface area contributed by atoms with Gasteiger partial charge in [0.15, 0.2) is 0 Å². The van der Waals surface area contributed by atoms with Crippen molar-refractivity contribution in [2.75, 3.05) is 5.32 Å². The third-order valence-electron chi connectivity index (χ3n) is 3.29. The average molecular weight is 253 g/mol. The van der Waals surface area contributed by atoms with Crippen LogP contribution in [-0.4, -0.2) is 6.03 Å². The van der Waals surface area contributed by atoms with Crippen LogP contribution in [0.2, 0.25) is 0 Å². The highest BCUT2D eigenvalue weighted by Gasteiger charge is 2.14. The Morgan fingerprint density at radius 1 is 1.11 bits per heavy atom. The summed E-state index contributed by atoms with van der Waals surface area (Å²) in [4.78, 5) is 11.3. The van der Waals surface area contributed by atoms with Crippen molar-refractivity contribution < 1.29 is 4.79 Å². The molecule has 1 heterocycles. The Morgan fingerprint density at radius 3 is 2.79 bits per heavy atom. The first kappa shape index (κ1) is 11.7. The largest absolute Gasteiger partial charge is 0.334 e. The summed E-state index contributed by atoms with van der Waals surface area (Å²) in [5.74, 6) is 0. The first-order valence-electron chi connectivity index (χ1n) is 6.23. The zero-order chi connectivity index (χ0) is 13.2. The van der Waals surface area contributed by atoms with Crippen molar-refractivity contribution in [1.82, 2.24) is 5.32 Å². The number of anilines is 1. The molecular formula is C15H15N3O. The van der Waals surface area contributed by atoms with Crippen LogP contribution >= 0.6 is 0 Å². The summed E-state index contributed by atoms with van der Waals surface area (Å²) in [6.07, 6.45) is 0. The molecule has 4 nitrogen and oxygen atoms in total. The van der Waals surface area contributed by atoms with E-state index in [4.69, 9.17) is 5.73 Å². The second kappa shape index (κ2) is 4.74. The molecule has 0 atom stereocenters. The Kier molecular flexibility index (Phi) is 2.93. The quantitative estimate of drug-likeness (QED) is 0.769. The Bertz CT molecular complexity index is 637. The van der Waals surface area contributed by atoms with Crippen LogP contribution in [0, 0.1) is 0 Å². The third kappa shape index (κ3) is 2.30. The molecule has 3 rings (SSSR count). The lowest BCUT2D eigenvalue weighted by Gasteiger charge is -2.19. The van der Waals surface area contributed by atoms with Crippen molar-refractivity contribution >= 4 is 11.7 Å². The lowest BCUT2D eigenvalue weighted by molar-refractivity contribution is 0.251. The third-order valence-corrected chi connectivity index (χ3v) is 3.29. The molecule has 0 saturated heterocycles. The molecule has 2 aromatic carbocycles. The second-order valence-corrected chi connectivity index (χ2v) is 4.58. The van der Waals surface area contributed by atoms with Crippen LogP contribution < -0.4 is 16.4 Å². The van der Waals surface area contributed by atoms with Crippen molar-refractivity contribution in [2.24, 2.45) is 5.73 Å². The minimum Gasteiger partial charge on any atom is -0.334 e. The first-order valence-corrected chi connectivity index (χ1v) is 6.23. The maximum Gasteiger partial charge on any atom is 0.319 e. The zero-order valence-electron chi connectivity index (χ0n) is 10.4.